The van der Waals surface area contributed by atoms with E-state index in [4.69, 9.17) is 11.6 Å². The standard InChI is InChI=1S/C12H16ClN3O/c1-16(9-2-3-9)7-6-15-12(17)10-4-5-14-8-11(10)13/h4-5,8-9H,2-3,6-7H2,1H3,(H,15,17). The van der Waals surface area contributed by atoms with Crippen LogP contribution in [0.2, 0.25) is 5.02 Å². The minimum Gasteiger partial charge on any atom is -0.351 e. The lowest BCUT2D eigenvalue weighted by Crippen LogP contribution is -2.34. The highest BCUT2D eigenvalue weighted by Crippen LogP contribution is 2.24. The number of nitrogens with zero attached hydrogens (tertiary/aromatic N) is 2. The molecule has 0 aliphatic heterocycles. The Bertz CT molecular complexity index is 406. The normalized spacial score (nSPS) is 15.0. The molecule has 0 spiro atoms. The van der Waals surface area contributed by atoms with Crippen molar-refractivity contribution in [2.45, 2.75) is 18.9 Å². The van der Waals surface area contributed by atoms with Crippen molar-refractivity contribution in [3.8, 4) is 0 Å². The molecule has 92 valence electrons. The number of amides is 1. The summed E-state index contributed by atoms with van der Waals surface area (Å²) in [5, 5.41) is 3.25. The second-order valence-corrected chi connectivity index (χ2v) is 4.73. The summed E-state index contributed by atoms with van der Waals surface area (Å²) < 4.78 is 0. The Morgan fingerprint density at radius 1 is 1.65 bits per heavy atom. The molecule has 1 aromatic rings. The molecule has 0 bridgehead atoms. The zero-order valence-corrected chi connectivity index (χ0v) is 10.6. The molecule has 5 heteroatoms. The van der Waals surface area contributed by atoms with Crippen molar-refractivity contribution < 1.29 is 4.79 Å². The third kappa shape index (κ3) is 3.41. The average Bonchev–Trinajstić information content (AvgIpc) is 3.13. The lowest BCUT2D eigenvalue weighted by atomic mass is 10.2. The topological polar surface area (TPSA) is 45.2 Å². The number of aromatic nitrogens is 1. The van der Waals surface area contributed by atoms with Crippen LogP contribution in [0.5, 0.6) is 0 Å². The molecule has 1 aromatic heterocycles. The van der Waals surface area contributed by atoms with E-state index in [2.05, 4.69) is 22.2 Å². The van der Waals surface area contributed by atoms with Gasteiger partial charge in [0.15, 0.2) is 0 Å². The van der Waals surface area contributed by atoms with Crippen molar-refractivity contribution in [2.24, 2.45) is 0 Å². The van der Waals surface area contributed by atoms with Crippen LogP contribution in [-0.4, -0.2) is 42.0 Å². The molecule has 0 atom stereocenters. The Balaban J connectivity index is 1.79. The van der Waals surface area contributed by atoms with Gasteiger partial charge in [-0.15, -0.1) is 0 Å². The van der Waals surface area contributed by atoms with E-state index in [0.717, 1.165) is 12.6 Å². The molecule has 1 N–H and O–H groups in total. The first kappa shape index (κ1) is 12.3. The molecule has 4 nitrogen and oxygen atoms in total. The minimum atomic E-state index is -0.137. The Labute approximate surface area is 106 Å². The first-order valence-electron chi connectivity index (χ1n) is 5.76. The van der Waals surface area contributed by atoms with Gasteiger partial charge < -0.3 is 10.2 Å². The zero-order valence-electron chi connectivity index (χ0n) is 9.82. The molecule has 1 aliphatic rings. The molecule has 1 fully saturated rings. The summed E-state index contributed by atoms with van der Waals surface area (Å²) in [5.41, 5.74) is 0.482. The van der Waals surface area contributed by atoms with Crippen LogP contribution in [0.1, 0.15) is 23.2 Å². The second kappa shape index (κ2) is 5.47. The third-order valence-corrected chi connectivity index (χ3v) is 3.24. The van der Waals surface area contributed by atoms with Crippen LogP contribution in [0.4, 0.5) is 0 Å². The first-order valence-corrected chi connectivity index (χ1v) is 6.14. The van der Waals surface area contributed by atoms with Gasteiger partial charge in [0.25, 0.3) is 5.91 Å². The van der Waals surface area contributed by atoms with Crippen molar-refractivity contribution in [3.05, 3.63) is 29.0 Å². The molecule has 0 unspecified atom stereocenters. The quantitative estimate of drug-likeness (QED) is 0.866. The molecule has 2 rings (SSSR count). The van der Waals surface area contributed by atoms with Gasteiger partial charge in [0, 0.05) is 31.5 Å². The van der Waals surface area contributed by atoms with Crippen molar-refractivity contribution in [1.29, 1.82) is 0 Å². The first-order chi connectivity index (χ1) is 8.18. The molecule has 1 saturated carbocycles. The van der Waals surface area contributed by atoms with Gasteiger partial charge >= 0.3 is 0 Å². The number of carbonyl (C=O) groups excluding carboxylic acids is 1. The summed E-state index contributed by atoms with van der Waals surface area (Å²) in [5.74, 6) is -0.137. The Morgan fingerprint density at radius 2 is 2.41 bits per heavy atom. The fraction of sp³-hybridized carbons (Fsp3) is 0.500. The molecule has 1 amide bonds. The predicted octanol–water partition coefficient (Wildman–Crippen LogP) is 1.56. The number of pyridine rings is 1. The van der Waals surface area contributed by atoms with E-state index < -0.39 is 0 Å². The number of carbonyl (C=O) groups is 1. The highest BCUT2D eigenvalue weighted by atomic mass is 35.5. The molecule has 0 aromatic carbocycles. The van der Waals surface area contributed by atoms with Crippen LogP contribution in [0.25, 0.3) is 0 Å². The van der Waals surface area contributed by atoms with Crippen molar-refractivity contribution in [2.75, 3.05) is 20.1 Å². The molecule has 1 aliphatic carbocycles. The number of hydrogen-bond donors (Lipinski definition) is 1. The van der Waals surface area contributed by atoms with Gasteiger partial charge in [0.1, 0.15) is 0 Å². The average molecular weight is 254 g/mol. The summed E-state index contributed by atoms with van der Waals surface area (Å²) >= 11 is 5.89. The number of rotatable bonds is 5. The lowest BCUT2D eigenvalue weighted by molar-refractivity contribution is 0.0949. The summed E-state index contributed by atoms with van der Waals surface area (Å²) in [6, 6.07) is 2.35. The van der Waals surface area contributed by atoms with E-state index in [1.807, 2.05) is 0 Å². The van der Waals surface area contributed by atoms with Gasteiger partial charge in [0.05, 0.1) is 10.6 Å². The fourth-order valence-electron chi connectivity index (χ4n) is 1.70. The van der Waals surface area contributed by atoms with E-state index in [1.54, 1.807) is 12.3 Å². The van der Waals surface area contributed by atoms with E-state index in [-0.39, 0.29) is 5.91 Å². The van der Waals surface area contributed by atoms with Crippen LogP contribution in [0, 0.1) is 0 Å². The molecular weight excluding hydrogens is 238 g/mol. The molecule has 17 heavy (non-hydrogen) atoms. The van der Waals surface area contributed by atoms with Crippen LogP contribution < -0.4 is 5.32 Å². The van der Waals surface area contributed by atoms with E-state index >= 15 is 0 Å². The minimum absolute atomic E-state index is 0.137. The Kier molecular flexibility index (Phi) is 3.97. The van der Waals surface area contributed by atoms with Crippen molar-refractivity contribution in [3.63, 3.8) is 0 Å². The summed E-state index contributed by atoms with van der Waals surface area (Å²) in [6.45, 7) is 1.52. The molecular formula is C12H16ClN3O. The number of likely N-dealkylation sites (N-methyl/N-ethyl adjacent to an activating group) is 1. The third-order valence-electron chi connectivity index (χ3n) is 2.94. The van der Waals surface area contributed by atoms with Gasteiger partial charge in [-0.2, -0.15) is 0 Å². The maximum Gasteiger partial charge on any atom is 0.252 e. The van der Waals surface area contributed by atoms with Crippen LogP contribution in [0.15, 0.2) is 18.5 Å². The van der Waals surface area contributed by atoms with Crippen LogP contribution in [0.3, 0.4) is 0 Å². The number of nitrogens with one attached hydrogen (secondary N) is 1. The van der Waals surface area contributed by atoms with Crippen LogP contribution >= 0.6 is 11.6 Å². The maximum absolute atomic E-state index is 11.8. The number of hydrogen-bond acceptors (Lipinski definition) is 3. The predicted molar refractivity (Wildman–Crippen MR) is 67.2 cm³/mol. The van der Waals surface area contributed by atoms with E-state index in [9.17, 15) is 4.79 Å². The summed E-state index contributed by atoms with van der Waals surface area (Å²) in [4.78, 5) is 17.9. The monoisotopic (exact) mass is 253 g/mol. The Morgan fingerprint density at radius 3 is 3.06 bits per heavy atom. The smallest absolute Gasteiger partial charge is 0.252 e. The Hall–Kier alpha value is -1.13. The molecule has 0 radical (unpaired) electrons. The lowest BCUT2D eigenvalue weighted by Gasteiger charge is -2.15. The van der Waals surface area contributed by atoms with Crippen LogP contribution in [-0.2, 0) is 0 Å². The number of halogens is 1. The highest BCUT2D eigenvalue weighted by Gasteiger charge is 2.25. The second-order valence-electron chi connectivity index (χ2n) is 4.32. The van der Waals surface area contributed by atoms with Gasteiger partial charge in [0.2, 0.25) is 0 Å². The van der Waals surface area contributed by atoms with Crippen molar-refractivity contribution >= 4 is 17.5 Å². The van der Waals surface area contributed by atoms with Gasteiger partial charge in [-0.3, -0.25) is 9.78 Å². The van der Waals surface area contributed by atoms with E-state index in [0.29, 0.717) is 17.1 Å². The van der Waals surface area contributed by atoms with Gasteiger partial charge in [-0.05, 0) is 26.0 Å². The summed E-state index contributed by atoms with van der Waals surface area (Å²) in [6.07, 6.45) is 5.60. The van der Waals surface area contributed by atoms with Gasteiger partial charge in [-0.25, -0.2) is 0 Å². The zero-order chi connectivity index (χ0) is 12.3. The molecule has 1 heterocycles. The maximum atomic E-state index is 11.8. The van der Waals surface area contributed by atoms with Crippen molar-refractivity contribution in [1.82, 2.24) is 15.2 Å². The fourth-order valence-corrected chi connectivity index (χ4v) is 1.90. The van der Waals surface area contributed by atoms with Gasteiger partial charge in [-0.1, -0.05) is 11.6 Å². The highest BCUT2D eigenvalue weighted by molar-refractivity contribution is 6.33. The largest absolute Gasteiger partial charge is 0.351 e. The van der Waals surface area contributed by atoms with E-state index in [1.165, 1.54) is 19.0 Å². The summed E-state index contributed by atoms with van der Waals surface area (Å²) in [7, 11) is 2.09. The molecule has 0 saturated heterocycles. The SMILES string of the molecule is CN(CCNC(=O)c1ccncc1Cl)C1CC1.